The van der Waals surface area contributed by atoms with Crippen LogP contribution in [-0.2, 0) is 11.2 Å². The highest BCUT2D eigenvalue weighted by molar-refractivity contribution is 9.10. The van der Waals surface area contributed by atoms with Crippen LogP contribution in [0.25, 0.3) is 33.7 Å². The van der Waals surface area contributed by atoms with Gasteiger partial charge in [-0.25, -0.2) is 4.98 Å². The second-order valence-electron chi connectivity index (χ2n) is 6.14. The molecule has 1 amide bonds. The Kier molecular flexibility index (Phi) is 4.72. The van der Waals surface area contributed by atoms with Crippen LogP contribution in [0.1, 0.15) is 5.56 Å². The molecule has 2 N–H and O–H groups in total. The molecule has 6 heteroatoms. The number of halogens is 2. The fourth-order valence-corrected chi connectivity index (χ4v) is 3.70. The molecule has 0 aliphatic carbocycles. The average molecular weight is 442 g/mol. The minimum Gasteiger partial charge on any atom is -0.435 e. The molecule has 0 atom stereocenters. The fraction of sp³-hybridized carbons (Fsp3) is 0.0476. The largest absolute Gasteiger partial charge is 0.435 e. The summed E-state index contributed by atoms with van der Waals surface area (Å²) in [6.45, 7) is 0. The van der Waals surface area contributed by atoms with Gasteiger partial charge in [0.15, 0.2) is 5.58 Å². The first-order chi connectivity index (χ1) is 13.0. The molecule has 4 nitrogen and oxygen atoms in total. The SMILES string of the molecule is NC(=O)Cc1ccc(-c2nc3cc(-c4ccccc4)cc(Br)c3o2)cc1Cl. The second-order valence-corrected chi connectivity index (χ2v) is 7.40. The van der Waals surface area contributed by atoms with Gasteiger partial charge < -0.3 is 10.2 Å². The number of fused-ring (bicyclic) bond motifs is 1. The van der Waals surface area contributed by atoms with Gasteiger partial charge in [0.1, 0.15) is 5.52 Å². The van der Waals surface area contributed by atoms with Crippen LogP contribution >= 0.6 is 27.5 Å². The fourth-order valence-electron chi connectivity index (χ4n) is 2.92. The summed E-state index contributed by atoms with van der Waals surface area (Å²) in [5, 5.41) is 0.456. The second kappa shape index (κ2) is 7.18. The Morgan fingerprint density at radius 1 is 1.04 bits per heavy atom. The van der Waals surface area contributed by atoms with E-state index in [1.807, 2.05) is 48.5 Å². The van der Waals surface area contributed by atoms with Gasteiger partial charge in [0.05, 0.1) is 10.9 Å². The molecule has 0 fully saturated rings. The van der Waals surface area contributed by atoms with Crippen molar-refractivity contribution in [2.75, 3.05) is 0 Å². The van der Waals surface area contributed by atoms with Crippen LogP contribution in [0.2, 0.25) is 5.02 Å². The number of hydrogen-bond donors (Lipinski definition) is 1. The van der Waals surface area contributed by atoms with Crippen molar-refractivity contribution in [2.24, 2.45) is 5.73 Å². The van der Waals surface area contributed by atoms with Crippen molar-refractivity contribution in [3.63, 3.8) is 0 Å². The van der Waals surface area contributed by atoms with Crippen molar-refractivity contribution in [1.82, 2.24) is 4.98 Å². The lowest BCUT2D eigenvalue weighted by molar-refractivity contribution is -0.117. The third kappa shape index (κ3) is 3.61. The lowest BCUT2D eigenvalue weighted by Crippen LogP contribution is -2.13. The number of amides is 1. The third-order valence-corrected chi connectivity index (χ3v) is 5.16. The Morgan fingerprint density at radius 3 is 2.52 bits per heavy atom. The van der Waals surface area contributed by atoms with Gasteiger partial charge in [0.25, 0.3) is 0 Å². The van der Waals surface area contributed by atoms with Crippen molar-refractivity contribution in [3.05, 3.63) is 75.7 Å². The normalized spacial score (nSPS) is 11.0. The molecule has 1 aromatic heterocycles. The van der Waals surface area contributed by atoms with E-state index in [2.05, 4.69) is 20.9 Å². The Bertz CT molecular complexity index is 1160. The molecule has 0 bridgehead atoms. The van der Waals surface area contributed by atoms with E-state index in [9.17, 15) is 4.79 Å². The molecule has 0 unspecified atom stereocenters. The monoisotopic (exact) mass is 440 g/mol. The molecule has 0 aliphatic heterocycles. The first-order valence-electron chi connectivity index (χ1n) is 8.24. The molecule has 1 heterocycles. The lowest BCUT2D eigenvalue weighted by Gasteiger charge is -2.03. The predicted octanol–water partition coefficient (Wildman–Crippen LogP) is 5.61. The lowest BCUT2D eigenvalue weighted by atomic mass is 10.1. The summed E-state index contributed by atoms with van der Waals surface area (Å²) in [5.41, 5.74) is 10.2. The van der Waals surface area contributed by atoms with Crippen molar-refractivity contribution >= 4 is 44.5 Å². The van der Waals surface area contributed by atoms with Crippen molar-refractivity contribution in [2.45, 2.75) is 6.42 Å². The zero-order valence-corrected chi connectivity index (χ0v) is 16.4. The van der Waals surface area contributed by atoms with Crippen LogP contribution in [0, 0.1) is 0 Å². The highest BCUT2D eigenvalue weighted by Gasteiger charge is 2.14. The minimum absolute atomic E-state index is 0.0959. The van der Waals surface area contributed by atoms with E-state index in [0.717, 1.165) is 26.7 Å². The Balaban J connectivity index is 1.77. The molecule has 4 rings (SSSR count). The van der Waals surface area contributed by atoms with Crippen LogP contribution in [-0.4, -0.2) is 10.9 Å². The molecule has 0 saturated carbocycles. The van der Waals surface area contributed by atoms with Gasteiger partial charge >= 0.3 is 0 Å². The number of aromatic nitrogens is 1. The standard InChI is InChI=1S/C21H14BrClN2O2/c22-16-8-15(12-4-2-1-3-5-12)10-18-20(16)27-21(25-18)14-7-6-13(11-19(24)26)17(23)9-14/h1-10H,11H2,(H2,24,26). The molecule has 0 radical (unpaired) electrons. The van der Waals surface area contributed by atoms with Crippen LogP contribution in [0.4, 0.5) is 0 Å². The summed E-state index contributed by atoms with van der Waals surface area (Å²) >= 11 is 9.85. The maximum atomic E-state index is 11.1. The smallest absolute Gasteiger partial charge is 0.227 e. The van der Waals surface area contributed by atoms with Gasteiger partial charge in [-0.15, -0.1) is 0 Å². The summed E-state index contributed by atoms with van der Waals surface area (Å²) in [6, 6.07) is 19.4. The maximum absolute atomic E-state index is 11.1. The van der Waals surface area contributed by atoms with Crippen LogP contribution < -0.4 is 5.73 Å². The van der Waals surface area contributed by atoms with E-state index >= 15 is 0 Å². The van der Waals surface area contributed by atoms with E-state index in [4.69, 9.17) is 21.8 Å². The number of primary amides is 1. The van der Waals surface area contributed by atoms with E-state index in [1.165, 1.54) is 0 Å². The third-order valence-electron chi connectivity index (χ3n) is 4.22. The van der Waals surface area contributed by atoms with Crippen molar-refractivity contribution < 1.29 is 9.21 Å². The molecule has 0 saturated heterocycles. The number of nitrogens with zero attached hydrogens (tertiary/aromatic N) is 1. The minimum atomic E-state index is -0.427. The zero-order valence-electron chi connectivity index (χ0n) is 14.1. The number of benzene rings is 3. The van der Waals surface area contributed by atoms with Gasteiger partial charge in [-0.2, -0.15) is 0 Å². The number of hydrogen-bond acceptors (Lipinski definition) is 3. The number of oxazole rings is 1. The van der Waals surface area contributed by atoms with Crippen molar-refractivity contribution in [1.29, 1.82) is 0 Å². The molecule has 27 heavy (non-hydrogen) atoms. The van der Waals surface area contributed by atoms with Crippen LogP contribution in [0.5, 0.6) is 0 Å². The van der Waals surface area contributed by atoms with Gasteiger partial charge in [-0.1, -0.05) is 48.0 Å². The Morgan fingerprint density at radius 2 is 1.81 bits per heavy atom. The van der Waals surface area contributed by atoms with E-state index in [0.29, 0.717) is 22.1 Å². The number of rotatable bonds is 4. The van der Waals surface area contributed by atoms with Crippen LogP contribution in [0.15, 0.2) is 69.6 Å². The maximum Gasteiger partial charge on any atom is 0.227 e. The summed E-state index contributed by atoms with van der Waals surface area (Å²) in [7, 11) is 0. The van der Waals surface area contributed by atoms with Crippen LogP contribution in [0.3, 0.4) is 0 Å². The highest BCUT2D eigenvalue weighted by Crippen LogP contribution is 2.34. The summed E-state index contributed by atoms with van der Waals surface area (Å²) in [4.78, 5) is 15.7. The van der Waals surface area contributed by atoms with Gasteiger partial charge in [0.2, 0.25) is 11.8 Å². The molecule has 134 valence electrons. The highest BCUT2D eigenvalue weighted by atomic mass is 79.9. The number of nitrogens with two attached hydrogens (primary N) is 1. The predicted molar refractivity (Wildman–Crippen MR) is 110 cm³/mol. The van der Waals surface area contributed by atoms with E-state index in [-0.39, 0.29) is 6.42 Å². The number of carbonyl (C=O) groups excluding carboxylic acids is 1. The van der Waals surface area contributed by atoms with Crippen molar-refractivity contribution in [3.8, 4) is 22.6 Å². The van der Waals surface area contributed by atoms with E-state index < -0.39 is 5.91 Å². The molecular weight excluding hydrogens is 428 g/mol. The van der Waals surface area contributed by atoms with Gasteiger partial charge in [0, 0.05) is 10.6 Å². The topological polar surface area (TPSA) is 69.1 Å². The molecule has 3 aromatic carbocycles. The summed E-state index contributed by atoms with van der Waals surface area (Å²) in [6.07, 6.45) is 0.0959. The van der Waals surface area contributed by atoms with Gasteiger partial charge in [-0.3, -0.25) is 4.79 Å². The van der Waals surface area contributed by atoms with Gasteiger partial charge in [-0.05, 0) is 56.9 Å². The quantitative estimate of drug-likeness (QED) is 0.448. The summed E-state index contributed by atoms with van der Waals surface area (Å²) < 4.78 is 6.77. The molecule has 0 aliphatic rings. The Labute approximate surface area is 169 Å². The Hall–Kier alpha value is -2.63. The zero-order chi connectivity index (χ0) is 19.0. The first-order valence-corrected chi connectivity index (χ1v) is 9.41. The summed E-state index contributed by atoms with van der Waals surface area (Å²) in [5.74, 6) is 0.0346. The molecule has 0 spiro atoms. The van der Waals surface area contributed by atoms with E-state index in [1.54, 1.807) is 12.1 Å². The molecular formula is C21H14BrClN2O2. The number of carbonyl (C=O) groups is 1. The molecule has 4 aromatic rings. The average Bonchev–Trinajstić information content (AvgIpc) is 3.08. The first kappa shape index (κ1) is 17.8.